The summed E-state index contributed by atoms with van der Waals surface area (Å²) in [6.07, 6.45) is 4.28. The molecule has 1 aromatic carbocycles. The first-order valence-corrected chi connectivity index (χ1v) is 10.9. The predicted octanol–water partition coefficient (Wildman–Crippen LogP) is 2.47. The number of fused-ring (bicyclic) bond motifs is 3. The maximum absolute atomic E-state index is 12.8. The predicted molar refractivity (Wildman–Crippen MR) is 118 cm³/mol. The molecule has 1 atom stereocenters. The van der Waals surface area contributed by atoms with Crippen LogP contribution >= 0.6 is 0 Å². The van der Waals surface area contributed by atoms with Gasteiger partial charge in [-0.05, 0) is 32.3 Å². The molecule has 31 heavy (non-hydrogen) atoms. The van der Waals surface area contributed by atoms with E-state index in [0.717, 1.165) is 29.1 Å². The van der Waals surface area contributed by atoms with E-state index in [1.807, 2.05) is 28.8 Å². The molecule has 3 aromatic rings. The van der Waals surface area contributed by atoms with E-state index in [2.05, 4.69) is 5.10 Å². The third kappa shape index (κ3) is 4.06. The Kier molecular flexibility index (Phi) is 6.06. The van der Waals surface area contributed by atoms with Crippen molar-refractivity contribution in [3.05, 3.63) is 40.8 Å². The van der Waals surface area contributed by atoms with Gasteiger partial charge in [0.15, 0.2) is 0 Å². The Morgan fingerprint density at radius 3 is 2.84 bits per heavy atom. The molecule has 1 amide bonds. The number of aryl methyl sites for hydroxylation is 2. The van der Waals surface area contributed by atoms with Crippen LogP contribution in [0.2, 0.25) is 0 Å². The average Bonchev–Trinajstić information content (AvgIpc) is 3.11. The summed E-state index contributed by atoms with van der Waals surface area (Å²) in [4.78, 5) is 39.4. The summed E-state index contributed by atoms with van der Waals surface area (Å²) < 4.78 is 8.46. The number of carbonyl (C=O) groups is 2. The van der Waals surface area contributed by atoms with Crippen LogP contribution < -0.4 is 5.56 Å². The number of rotatable bonds is 6. The fourth-order valence-electron chi connectivity index (χ4n) is 4.48. The number of hydrogen-bond acceptors (Lipinski definition) is 5. The van der Waals surface area contributed by atoms with E-state index in [9.17, 15) is 14.4 Å². The van der Waals surface area contributed by atoms with Crippen LogP contribution in [0.15, 0.2) is 35.3 Å². The largest absolute Gasteiger partial charge is 0.466 e. The Hall–Kier alpha value is -3.16. The molecule has 0 N–H and O–H groups in total. The van der Waals surface area contributed by atoms with Crippen molar-refractivity contribution >= 4 is 33.7 Å². The number of likely N-dealkylation sites (tertiary alicyclic amines) is 1. The van der Waals surface area contributed by atoms with Gasteiger partial charge in [0.25, 0.3) is 5.56 Å². The molecule has 1 fully saturated rings. The monoisotopic (exact) mass is 424 g/mol. The second-order valence-electron chi connectivity index (χ2n) is 8.04. The molecule has 0 unspecified atom stereocenters. The lowest BCUT2D eigenvalue weighted by atomic mass is 9.98. The second-order valence-corrected chi connectivity index (χ2v) is 8.04. The number of aromatic nitrogens is 3. The summed E-state index contributed by atoms with van der Waals surface area (Å²) in [5.41, 5.74) is 1.44. The quantitative estimate of drug-likeness (QED) is 0.568. The number of amides is 1. The van der Waals surface area contributed by atoms with Crippen LogP contribution in [0.1, 0.15) is 32.6 Å². The van der Waals surface area contributed by atoms with Crippen LogP contribution in [0.4, 0.5) is 0 Å². The number of para-hydroxylation sites is 1. The van der Waals surface area contributed by atoms with Gasteiger partial charge in [-0.3, -0.25) is 14.4 Å². The van der Waals surface area contributed by atoms with Crippen LogP contribution in [0.25, 0.3) is 21.8 Å². The van der Waals surface area contributed by atoms with Crippen LogP contribution in [0.5, 0.6) is 0 Å². The Labute approximate surface area is 180 Å². The molecule has 8 nitrogen and oxygen atoms in total. The fourth-order valence-corrected chi connectivity index (χ4v) is 4.48. The third-order valence-electron chi connectivity index (χ3n) is 6.03. The highest BCUT2D eigenvalue weighted by atomic mass is 16.5. The van der Waals surface area contributed by atoms with Gasteiger partial charge in [0, 0.05) is 49.4 Å². The molecule has 8 heteroatoms. The van der Waals surface area contributed by atoms with Crippen molar-refractivity contribution in [3.63, 3.8) is 0 Å². The lowest BCUT2D eigenvalue weighted by Gasteiger charge is -2.31. The molecular formula is C23H28N4O4. The second kappa shape index (κ2) is 8.91. The van der Waals surface area contributed by atoms with Crippen LogP contribution in [0.3, 0.4) is 0 Å². The Morgan fingerprint density at radius 1 is 1.23 bits per heavy atom. The maximum Gasteiger partial charge on any atom is 0.310 e. The van der Waals surface area contributed by atoms with E-state index in [4.69, 9.17) is 4.74 Å². The average molecular weight is 425 g/mol. The molecule has 0 radical (unpaired) electrons. The first kappa shape index (κ1) is 21.1. The molecule has 0 aliphatic carbocycles. The van der Waals surface area contributed by atoms with E-state index in [0.29, 0.717) is 44.6 Å². The molecule has 2 aromatic heterocycles. The summed E-state index contributed by atoms with van der Waals surface area (Å²) in [7, 11) is 1.64. The first-order valence-electron chi connectivity index (χ1n) is 10.9. The zero-order valence-electron chi connectivity index (χ0n) is 18.0. The molecule has 3 heterocycles. The van der Waals surface area contributed by atoms with Gasteiger partial charge in [-0.15, -0.1) is 0 Å². The number of piperidine rings is 1. The molecule has 0 saturated carbocycles. The zero-order valence-corrected chi connectivity index (χ0v) is 18.0. The number of nitrogens with zero attached hydrogens (tertiary/aromatic N) is 4. The SMILES string of the molecule is CCOC(=O)[C@H]1CCCN(C(=O)CCCn2c3ccccc3c3cnn(C)c(=O)c32)C1. The van der Waals surface area contributed by atoms with Gasteiger partial charge in [-0.1, -0.05) is 18.2 Å². The Morgan fingerprint density at radius 2 is 2.03 bits per heavy atom. The highest BCUT2D eigenvalue weighted by molar-refractivity contribution is 6.07. The zero-order chi connectivity index (χ0) is 22.0. The van der Waals surface area contributed by atoms with Crippen LogP contribution in [0, 0.1) is 5.92 Å². The van der Waals surface area contributed by atoms with Gasteiger partial charge >= 0.3 is 5.97 Å². The van der Waals surface area contributed by atoms with E-state index in [1.54, 1.807) is 25.1 Å². The van der Waals surface area contributed by atoms with Crippen molar-refractivity contribution in [3.8, 4) is 0 Å². The van der Waals surface area contributed by atoms with Crippen molar-refractivity contribution in [2.75, 3.05) is 19.7 Å². The van der Waals surface area contributed by atoms with Crippen molar-refractivity contribution < 1.29 is 14.3 Å². The summed E-state index contributed by atoms with van der Waals surface area (Å²) in [6.45, 7) is 3.82. The van der Waals surface area contributed by atoms with Crippen molar-refractivity contribution in [1.82, 2.24) is 19.2 Å². The van der Waals surface area contributed by atoms with Gasteiger partial charge in [0.1, 0.15) is 5.52 Å². The molecule has 1 aliphatic rings. The molecule has 1 aliphatic heterocycles. The number of ether oxygens (including phenoxy) is 1. The van der Waals surface area contributed by atoms with Gasteiger partial charge in [-0.2, -0.15) is 5.10 Å². The summed E-state index contributed by atoms with van der Waals surface area (Å²) >= 11 is 0. The molecule has 4 rings (SSSR count). The van der Waals surface area contributed by atoms with Gasteiger partial charge < -0.3 is 14.2 Å². The third-order valence-corrected chi connectivity index (χ3v) is 6.03. The maximum atomic E-state index is 12.8. The number of esters is 1. The minimum absolute atomic E-state index is 0.0457. The van der Waals surface area contributed by atoms with E-state index in [-0.39, 0.29) is 23.4 Å². The van der Waals surface area contributed by atoms with Crippen molar-refractivity contribution in [1.29, 1.82) is 0 Å². The standard InChI is InChI=1S/C23H28N4O4/c1-3-31-23(30)16-8-6-12-26(15-16)20(28)11-7-13-27-19-10-5-4-9-17(19)18-14-24-25(2)22(29)21(18)27/h4-5,9-10,14,16H,3,6-8,11-13,15H2,1-2H3/t16-/m0/s1. The highest BCUT2D eigenvalue weighted by Gasteiger charge is 2.29. The van der Waals surface area contributed by atoms with Crippen molar-refractivity contribution in [2.45, 2.75) is 39.2 Å². The molecular weight excluding hydrogens is 396 g/mol. The minimum atomic E-state index is -0.231. The topological polar surface area (TPSA) is 86.4 Å². The number of benzene rings is 1. The molecule has 1 saturated heterocycles. The molecule has 0 bridgehead atoms. The Bertz CT molecular complexity index is 1180. The summed E-state index contributed by atoms with van der Waals surface area (Å²) in [6, 6.07) is 7.88. The summed E-state index contributed by atoms with van der Waals surface area (Å²) in [5.74, 6) is -0.399. The normalized spacial score (nSPS) is 16.7. The van der Waals surface area contributed by atoms with Gasteiger partial charge in [-0.25, -0.2) is 4.68 Å². The lowest BCUT2D eigenvalue weighted by molar-refractivity contribution is -0.151. The Balaban J connectivity index is 1.48. The fraction of sp³-hybridized carbons (Fsp3) is 0.478. The van der Waals surface area contributed by atoms with E-state index < -0.39 is 0 Å². The molecule has 164 valence electrons. The smallest absolute Gasteiger partial charge is 0.310 e. The lowest BCUT2D eigenvalue weighted by Crippen LogP contribution is -2.42. The number of carbonyl (C=O) groups excluding carboxylic acids is 2. The highest BCUT2D eigenvalue weighted by Crippen LogP contribution is 2.27. The van der Waals surface area contributed by atoms with Crippen LogP contribution in [-0.4, -0.2) is 50.8 Å². The summed E-state index contributed by atoms with van der Waals surface area (Å²) in [5, 5.41) is 5.99. The van der Waals surface area contributed by atoms with E-state index in [1.165, 1.54) is 4.68 Å². The first-order chi connectivity index (χ1) is 15.0. The van der Waals surface area contributed by atoms with E-state index >= 15 is 0 Å². The minimum Gasteiger partial charge on any atom is -0.466 e. The number of hydrogen-bond donors (Lipinski definition) is 0. The van der Waals surface area contributed by atoms with Crippen LogP contribution in [-0.2, 0) is 27.9 Å². The molecule has 0 spiro atoms. The van der Waals surface area contributed by atoms with Crippen molar-refractivity contribution in [2.24, 2.45) is 13.0 Å². The van der Waals surface area contributed by atoms with Gasteiger partial charge in [0.05, 0.1) is 18.7 Å². The van der Waals surface area contributed by atoms with Gasteiger partial charge in [0.2, 0.25) is 5.91 Å².